The molecule has 0 heteroatoms. The number of benzene rings is 14. The Morgan fingerprint density at radius 3 is 1.12 bits per heavy atom. The van der Waals surface area contributed by atoms with E-state index in [4.69, 9.17) is 0 Å². The maximum atomic E-state index is 2.55. The lowest BCUT2D eigenvalue weighted by Gasteiger charge is -2.25. The largest absolute Gasteiger partial charge is 0.0758 e. The minimum Gasteiger partial charge on any atom is -0.0758 e. The summed E-state index contributed by atoms with van der Waals surface area (Å²) in [6.45, 7) is 0. The van der Waals surface area contributed by atoms with Crippen LogP contribution < -0.4 is 10.4 Å². The molecule has 1 unspecified atom stereocenters. The molecule has 0 fully saturated rings. The van der Waals surface area contributed by atoms with Crippen molar-refractivity contribution < 1.29 is 0 Å². The van der Waals surface area contributed by atoms with Gasteiger partial charge in [0.15, 0.2) is 0 Å². The van der Waals surface area contributed by atoms with Gasteiger partial charge in [-0.3, -0.25) is 0 Å². The molecule has 14 aromatic carbocycles. The second-order valence-corrected chi connectivity index (χ2v) is 20.1. The molecule has 0 saturated heterocycles. The van der Waals surface area contributed by atoms with Crippen LogP contribution in [0.1, 0.15) is 17.9 Å². The molecule has 0 bridgehead atoms. The van der Waals surface area contributed by atoms with Gasteiger partial charge in [-0.25, -0.2) is 0 Å². The average molecular weight is 937 g/mol. The van der Waals surface area contributed by atoms with Crippen molar-refractivity contribution >= 4 is 87.6 Å². The van der Waals surface area contributed by atoms with E-state index in [-0.39, 0.29) is 5.92 Å². The van der Waals surface area contributed by atoms with Crippen LogP contribution in [0.15, 0.2) is 261 Å². The summed E-state index contributed by atoms with van der Waals surface area (Å²) < 4.78 is 0. The summed E-state index contributed by atoms with van der Waals surface area (Å²) in [6.07, 6.45) is 5.92. The zero-order valence-corrected chi connectivity index (χ0v) is 40.8. The third kappa shape index (κ3) is 6.69. The van der Waals surface area contributed by atoms with E-state index in [9.17, 15) is 0 Å². The van der Waals surface area contributed by atoms with E-state index in [1.54, 1.807) is 0 Å². The van der Waals surface area contributed by atoms with Gasteiger partial charge in [0.25, 0.3) is 0 Å². The molecule has 0 spiro atoms. The Kier molecular flexibility index (Phi) is 9.82. The molecular weight excluding hydrogens is 889 g/mol. The lowest BCUT2D eigenvalue weighted by molar-refractivity contribution is 0.940. The van der Waals surface area contributed by atoms with Crippen molar-refractivity contribution in [3.05, 3.63) is 277 Å². The molecule has 344 valence electrons. The maximum absolute atomic E-state index is 2.55. The molecule has 0 radical (unpaired) electrons. The Bertz CT molecular complexity index is 4620. The van der Waals surface area contributed by atoms with E-state index < -0.39 is 0 Å². The summed E-state index contributed by atoms with van der Waals surface area (Å²) in [6, 6.07) is 97.6. The van der Waals surface area contributed by atoms with Crippen molar-refractivity contribution in [3.63, 3.8) is 0 Å². The first kappa shape index (κ1) is 42.3. The molecule has 1 aliphatic rings. The van der Waals surface area contributed by atoms with Crippen LogP contribution in [-0.4, -0.2) is 0 Å². The Balaban J connectivity index is 1.07. The SMILES string of the molecule is C1=c2ccccc2=CC(c2c3ccc(-c4c5ccccc5c(-c5ccccc5)c5ccccc45)cc3c(-c3ccc4ccccc4c3)c3ccc(-c4c5ccccc5c(-c5ccccc5)c5ccccc45)cc23)C1. The van der Waals surface area contributed by atoms with Gasteiger partial charge < -0.3 is 0 Å². The number of rotatable bonds is 6. The number of hydrogen-bond donors (Lipinski definition) is 0. The van der Waals surface area contributed by atoms with E-state index in [2.05, 4.69) is 273 Å². The molecule has 74 heavy (non-hydrogen) atoms. The van der Waals surface area contributed by atoms with Crippen LogP contribution in [0.25, 0.3) is 143 Å². The zero-order valence-electron chi connectivity index (χ0n) is 40.8. The lowest BCUT2D eigenvalue weighted by atomic mass is 9.78. The minimum absolute atomic E-state index is 0.141. The first-order valence-electron chi connectivity index (χ1n) is 26.0. The summed E-state index contributed by atoms with van der Waals surface area (Å²) in [5.41, 5.74) is 13.9. The highest BCUT2D eigenvalue weighted by atomic mass is 14.3. The fraction of sp³-hybridized carbons (Fsp3) is 0.0270. The summed E-state index contributed by atoms with van der Waals surface area (Å²) in [5, 5.41) is 20.3. The highest BCUT2D eigenvalue weighted by molar-refractivity contribution is 6.25. The minimum atomic E-state index is 0.141. The Morgan fingerprint density at radius 2 is 0.595 bits per heavy atom. The van der Waals surface area contributed by atoms with E-state index in [1.807, 2.05) is 0 Å². The summed E-state index contributed by atoms with van der Waals surface area (Å²) in [4.78, 5) is 0. The van der Waals surface area contributed by atoms with Gasteiger partial charge in [-0.1, -0.05) is 255 Å². The predicted molar refractivity (Wildman–Crippen MR) is 318 cm³/mol. The maximum Gasteiger partial charge on any atom is 0.00743 e. The summed E-state index contributed by atoms with van der Waals surface area (Å²) in [7, 11) is 0. The Hall–Kier alpha value is -9.36. The second kappa shape index (κ2) is 17.2. The van der Waals surface area contributed by atoms with Crippen LogP contribution in [-0.2, 0) is 0 Å². The molecule has 0 saturated carbocycles. The van der Waals surface area contributed by atoms with Gasteiger partial charge in [-0.05, 0) is 172 Å². The van der Waals surface area contributed by atoms with E-state index in [1.165, 1.54) is 147 Å². The van der Waals surface area contributed by atoms with Crippen LogP contribution in [0.5, 0.6) is 0 Å². The third-order valence-electron chi connectivity index (χ3n) is 16.1. The number of hydrogen-bond acceptors (Lipinski definition) is 0. The van der Waals surface area contributed by atoms with Crippen molar-refractivity contribution in [1.29, 1.82) is 0 Å². The standard InChI is InChI=1S/C74H48/c1-3-21-49(22-4-1)69-57-27-11-15-31-61(57)71(62-32-16-12-28-58(62)69)55-39-41-65-67(45-55)73(53-37-35-47-19-7-9-25-51(47)43-53)66-42-40-56(46-68(66)74(65)54-38-36-48-20-8-10-26-52(48)44-54)72-63-33-17-13-29-59(63)70(50-23-5-2-6-24-50)60-30-14-18-34-64(60)72/h1-37,39-46,54H,38H2. The predicted octanol–water partition coefficient (Wildman–Crippen LogP) is 18.8. The van der Waals surface area contributed by atoms with Gasteiger partial charge in [-0.15, -0.1) is 0 Å². The third-order valence-corrected chi connectivity index (χ3v) is 16.1. The Morgan fingerprint density at radius 1 is 0.230 bits per heavy atom. The molecule has 1 atom stereocenters. The van der Waals surface area contributed by atoms with Crippen molar-refractivity contribution in [2.75, 3.05) is 0 Å². The summed E-state index contributed by atoms with van der Waals surface area (Å²) in [5.74, 6) is 0.141. The molecule has 0 aliphatic heterocycles. The van der Waals surface area contributed by atoms with E-state index in [0.717, 1.165) is 6.42 Å². The molecule has 15 rings (SSSR count). The van der Waals surface area contributed by atoms with Gasteiger partial charge >= 0.3 is 0 Å². The van der Waals surface area contributed by atoms with Gasteiger partial charge in [0.1, 0.15) is 0 Å². The Labute approximate surface area is 430 Å². The molecule has 0 aromatic heterocycles. The highest BCUT2D eigenvalue weighted by Gasteiger charge is 2.25. The topological polar surface area (TPSA) is 0 Å². The quantitative estimate of drug-likeness (QED) is 0.146. The summed E-state index contributed by atoms with van der Waals surface area (Å²) >= 11 is 0. The smallest absolute Gasteiger partial charge is 0.00743 e. The first-order valence-corrected chi connectivity index (χ1v) is 26.0. The fourth-order valence-electron chi connectivity index (χ4n) is 12.9. The van der Waals surface area contributed by atoms with Crippen LogP contribution >= 0.6 is 0 Å². The fourth-order valence-corrected chi connectivity index (χ4v) is 12.9. The monoisotopic (exact) mass is 936 g/mol. The molecule has 0 N–H and O–H groups in total. The van der Waals surface area contributed by atoms with Crippen molar-refractivity contribution in [2.24, 2.45) is 0 Å². The van der Waals surface area contributed by atoms with Crippen LogP contribution in [0, 0.1) is 0 Å². The zero-order chi connectivity index (χ0) is 48.7. The van der Waals surface area contributed by atoms with Crippen molar-refractivity contribution in [2.45, 2.75) is 12.3 Å². The molecule has 0 nitrogen and oxygen atoms in total. The van der Waals surface area contributed by atoms with Crippen LogP contribution in [0.4, 0.5) is 0 Å². The lowest BCUT2D eigenvalue weighted by Crippen LogP contribution is -2.27. The van der Waals surface area contributed by atoms with Crippen molar-refractivity contribution in [3.8, 4) is 55.6 Å². The van der Waals surface area contributed by atoms with Gasteiger partial charge in [0, 0.05) is 5.92 Å². The molecule has 0 amide bonds. The molecule has 14 aromatic rings. The van der Waals surface area contributed by atoms with E-state index >= 15 is 0 Å². The second-order valence-electron chi connectivity index (χ2n) is 20.1. The number of fused-ring (bicyclic) bond motifs is 8. The van der Waals surface area contributed by atoms with Crippen molar-refractivity contribution in [1.82, 2.24) is 0 Å². The molecule has 0 heterocycles. The van der Waals surface area contributed by atoms with Crippen LogP contribution in [0.3, 0.4) is 0 Å². The molecular formula is C74H48. The normalized spacial score (nSPS) is 13.4. The first-order chi connectivity index (χ1) is 36.7. The van der Waals surface area contributed by atoms with Gasteiger partial charge in [-0.2, -0.15) is 0 Å². The average Bonchev–Trinajstić information content (AvgIpc) is 3.50. The van der Waals surface area contributed by atoms with Gasteiger partial charge in [0.2, 0.25) is 0 Å². The van der Waals surface area contributed by atoms with Crippen LogP contribution in [0.2, 0.25) is 0 Å². The van der Waals surface area contributed by atoms with E-state index in [0.29, 0.717) is 0 Å². The molecule has 1 aliphatic carbocycles. The highest BCUT2D eigenvalue weighted by Crippen LogP contribution is 2.50. The van der Waals surface area contributed by atoms with Gasteiger partial charge in [0.05, 0.1) is 0 Å².